The van der Waals surface area contributed by atoms with Crippen LogP contribution in [0.1, 0.15) is 13.8 Å². The first-order valence-electron chi connectivity index (χ1n) is 4.15. The van der Waals surface area contributed by atoms with E-state index in [9.17, 15) is 0 Å². The van der Waals surface area contributed by atoms with Gasteiger partial charge in [-0.15, -0.1) is 0 Å². The Kier molecular flexibility index (Phi) is 2.35. The third-order valence-electron chi connectivity index (χ3n) is 2.21. The third-order valence-corrected chi connectivity index (χ3v) is 3.08. The smallest absolute Gasteiger partial charge is 0.164 e. The average molecular weight is 284 g/mol. The van der Waals surface area contributed by atoms with Crippen LogP contribution in [-0.2, 0) is 14.2 Å². The van der Waals surface area contributed by atoms with Crippen molar-refractivity contribution in [1.82, 2.24) is 0 Å². The number of rotatable bonds is 1. The van der Waals surface area contributed by atoms with E-state index in [0.29, 0.717) is 6.61 Å². The standard InChI is InChI=1S/C8H13IO3/c1-8(2)11-6-4-10-5(3-9)7(6)12-8/h5-7H,3-4H2,1-2H3/t5-,6-,7+/m1/s1. The second-order valence-corrected chi connectivity index (χ2v) is 4.55. The summed E-state index contributed by atoms with van der Waals surface area (Å²) in [5.41, 5.74) is 0. The maximum absolute atomic E-state index is 5.72. The van der Waals surface area contributed by atoms with Gasteiger partial charge in [0.25, 0.3) is 0 Å². The Balaban J connectivity index is 2.06. The highest BCUT2D eigenvalue weighted by atomic mass is 127. The van der Waals surface area contributed by atoms with Crippen LogP contribution in [0, 0.1) is 0 Å². The van der Waals surface area contributed by atoms with Crippen molar-refractivity contribution >= 4 is 22.6 Å². The van der Waals surface area contributed by atoms with Gasteiger partial charge in [-0.2, -0.15) is 0 Å². The molecule has 3 nitrogen and oxygen atoms in total. The maximum atomic E-state index is 5.72. The zero-order valence-electron chi connectivity index (χ0n) is 7.25. The predicted octanol–water partition coefficient (Wildman–Crippen LogP) is 1.34. The van der Waals surface area contributed by atoms with Crippen LogP contribution in [0.4, 0.5) is 0 Å². The van der Waals surface area contributed by atoms with Gasteiger partial charge in [0.2, 0.25) is 0 Å². The molecule has 2 rings (SSSR count). The van der Waals surface area contributed by atoms with Crippen LogP contribution in [-0.4, -0.2) is 35.1 Å². The summed E-state index contributed by atoms with van der Waals surface area (Å²) in [5.74, 6) is -0.414. The molecular formula is C8H13IO3. The second-order valence-electron chi connectivity index (χ2n) is 3.66. The molecule has 2 saturated heterocycles. The summed E-state index contributed by atoms with van der Waals surface area (Å²) in [4.78, 5) is 0. The number of halogens is 1. The molecule has 2 heterocycles. The Hall–Kier alpha value is 0.610. The minimum absolute atomic E-state index is 0.150. The van der Waals surface area contributed by atoms with Crippen LogP contribution in [0.5, 0.6) is 0 Å². The van der Waals surface area contributed by atoms with E-state index >= 15 is 0 Å². The first kappa shape index (κ1) is 9.18. The highest BCUT2D eigenvalue weighted by Gasteiger charge is 2.49. The maximum Gasteiger partial charge on any atom is 0.164 e. The number of alkyl halides is 1. The Bertz CT molecular complexity index is 183. The van der Waals surface area contributed by atoms with E-state index in [0.717, 1.165) is 4.43 Å². The van der Waals surface area contributed by atoms with E-state index in [4.69, 9.17) is 14.2 Å². The Morgan fingerprint density at radius 1 is 1.42 bits per heavy atom. The second kappa shape index (κ2) is 3.08. The lowest BCUT2D eigenvalue weighted by Crippen LogP contribution is -2.30. The molecule has 0 spiro atoms. The Labute approximate surface area is 85.9 Å². The molecule has 0 amide bonds. The fourth-order valence-corrected chi connectivity index (χ4v) is 2.51. The van der Waals surface area contributed by atoms with E-state index in [1.165, 1.54) is 0 Å². The highest BCUT2D eigenvalue weighted by Crippen LogP contribution is 2.35. The number of hydrogen-bond acceptors (Lipinski definition) is 3. The van der Waals surface area contributed by atoms with Gasteiger partial charge in [-0.1, -0.05) is 22.6 Å². The van der Waals surface area contributed by atoms with E-state index in [1.54, 1.807) is 0 Å². The molecule has 2 fully saturated rings. The molecule has 0 radical (unpaired) electrons. The molecule has 0 bridgehead atoms. The molecule has 12 heavy (non-hydrogen) atoms. The summed E-state index contributed by atoms with van der Waals surface area (Å²) < 4.78 is 17.9. The monoisotopic (exact) mass is 284 g/mol. The quantitative estimate of drug-likeness (QED) is 0.537. The average Bonchev–Trinajstić information content (AvgIpc) is 2.42. The normalized spacial score (nSPS) is 44.8. The van der Waals surface area contributed by atoms with Crippen molar-refractivity contribution in [2.24, 2.45) is 0 Å². The predicted molar refractivity (Wildman–Crippen MR) is 52.5 cm³/mol. The fourth-order valence-electron chi connectivity index (χ4n) is 1.75. The summed E-state index contributed by atoms with van der Waals surface area (Å²) in [6.45, 7) is 4.59. The van der Waals surface area contributed by atoms with Crippen molar-refractivity contribution in [2.45, 2.75) is 37.9 Å². The molecular weight excluding hydrogens is 271 g/mol. The molecule has 0 saturated carbocycles. The lowest BCUT2D eigenvalue weighted by Gasteiger charge is -2.20. The molecule has 2 aliphatic heterocycles. The van der Waals surface area contributed by atoms with Crippen molar-refractivity contribution in [3.8, 4) is 0 Å². The Morgan fingerprint density at radius 2 is 2.17 bits per heavy atom. The fraction of sp³-hybridized carbons (Fsp3) is 1.00. The molecule has 0 unspecified atom stereocenters. The van der Waals surface area contributed by atoms with Gasteiger partial charge in [-0.25, -0.2) is 0 Å². The molecule has 2 aliphatic rings. The lowest BCUT2D eigenvalue weighted by molar-refractivity contribution is -0.172. The van der Waals surface area contributed by atoms with Crippen molar-refractivity contribution < 1.29 is 14.2 Å². The zero-order valence-corrected chi connectivity index (χ0v) is 9.41. The summed E-state index contributed by atoms with van der Waals surface area (Å²) in [5, 5.41) is 0. The third kappa shape index (κ3) is 1.49. The first-order valence-corrected chi connectivity index (χ1v) is 5.68. The molecule has 0 aromatic heterocycles. The SMILES string of the molecule is CC1(C)O[C@H]2[C@@H](CI)OC[C@H]2O1. The van der Waals surface area contributed by atoms with Crippen LogP contribution in [0.2, 0.25) is 0 Å². The largest absolute Gasteiger partial charge is 0.372 e. The molecule has 0 N–H and O–H groups in total. The number of fused-ring (bicyclic) bond motifs is 1. The van der Waals surface area contributed by atoms with Crippen molar-refractivity contribution in [3.05, 3.63) is 0 Å². The van der Waals surface area contributed by atoms with Gasteiger partial charge in [-0.3, -0.25) is 0 Å². The summed E-state index contributed by atoms with van der Waals surface area (Å²) in [6, 6.07) is 0. The van der Waals surface area contributed by atoms with Crippen LogP contribution in [0.3, 0.4) is 0 Å². The summed E-state index contributed by atoms with van der Waals surface area (Å²) in [6.07, 6.45) is 0.522. The zero-order chi connectivity index (χ0) is 8.77. The van der Waals surface area contributed by atoms with Gasteiger partial charge in [0.1, 0.15) is 12.2 Å². The van der Waals surface area contributed by atoms with Gasteiger partial charge in [0, 0.05) is 4.43 Å². The van der Waals surface area contributed by atoms with Crippen LogP contribution in [0.25, 0.3) is 0 Å². The van der Waals surface area contributed by atoms with Crippen molar-refractivity contribution in [1.29, 1.82) is 0 Å². The van der Waals surface area contributed by atoms with E-state index in [-0.39, 0.29) is 18.3 Å². The topological polar surface area (TPSA) is 27.7 Å². The molecule has 0 aliphatic carbocycles. The Morgan fingerprint density at radius 3 is 2.83 bits per heavy atom. The molecule has 3 atom stereocenters. The summed E-state index contributed by atoms with van der Waals surface area (Å²) in [7, 11) is 0. The van der Waals surface area contributed by atoms with Gasteiger partial charge >= 0.3 is 0 Å². The number of hydrogen-bond donors (Lipinski definition) is 0. The minimum atomic E-state index is -0.414. The van der Waals surface area contributed by atoms with Crippen molar-refractivity contribution in [3.63, 3.8) is 0 Å². The van der Waals surface area contributed by atoms with Crippen LogP contribution < -0.4 is 0 Å². The van der Waals surface area contributed by atoms with Gasteiger partial charge in [0.05, 0.1) is 12.7 Å². The van der Waals surface area contributed by atoms with E-state index < -0.39 is 5.79 Å². The van der Waals surface area contributed by atoms with Gasteiger partial charge in [-0.05, 0) is 13.8 Å². The summed E-state index contributed by atoms with van der Waals surface area (Å²) >= 11 is 2.32. The van der Waals surface area contributed by atoms with E-state index in [1.807, 2.05) is 13.8 Å². The van der Waals surface area contributed by atoms with Crippen molar-refractivity contribution in [2.75, 3.05) is 11.0 Å². The van der Waals surface area contributed by atoms with Crippen LogP contribution >= 0.6 is 22.6 Å². The van der Waals surface area contributed by atoms with Gasteiger partial charge in [0.15, 0.2) is 5.79 Å². The lowest BCUT2D eigenvalue weighted by atomic mass is 10.2. The molecule has 70 valence electrons. The minimum Gasteiger partial charge on any atom is -0.372 e. The van der Waals surface area contributed by atoms with Gasteiger partial charge < -0.3 is 14.2 Å². The highest BCUT2D eigenvalue weighted by molar-refractivity contribution is 14.1. The molecule has 0 aromatic carbocycles. The molecule has 4 heteroatoms. The van der Waals surface area contributed by atoms with E-state index in [2.05, 4.69) is 22.6 Å². The number of ether oxygens (including phenoxy) is 3. The molecule has 0 aromatic rings. The van der Waals surface area contributed by atoms with Crippen LogP contribution in [0.15, 0.2) is 0 Å². The first-order chi connectivity index (χ1) is 5.62.